The first-order chi connectivity index (χ1) is 15.4. The number of nitrogens with one attached hydrogen (secondary N) is 1. The van der Waals surface area contributed by atoms with Crippen molar-refractivity contribution in [2.45, 2.75) is 71.3 Å². The average molecular weight is 437 g/mol. The summed E-state index contributed by atoms with van der Waals surface area (Å²) < 4.78 is 1.64. The van der Waals surface area contributed by atoms with Gasteiger partial charge < -0.3 is 15.0 Å². The molecule has 5 nitrogen and oxygen atoms in total. The van der Waals surface area contributed by atoms with Crippen molar-refractivity contribution in [2.75, 3.05) is 11.9 Å². The number of amides is 1. The molecular weight excluding hydrogens is 400 g/mol. The first-order valence-corrected chi connectivity index (χ1v) is 12.4. The lowest BCUT2D eigenvalue weighted by Crippen LogP contribution is -2.47. The van der Waals surface area contributed by atoms with Gasteiger partial charge in [-0.25, -0.2) is 0 Å². The lowest BCUT2D eigenvalue weighted by atomic mass is 9.49. The molecule has 4 aliphatic carbocycles. The van der Waals surface area contributed by atoms with Crippen LogP contribution in [0.4, 0.5) is 5.69 Å². The number of carbonyl (C=O) groups is 1. The zero-order valence-corrected chi connectivity index (χ0v) is 19.3. The zero-order chi connectivity index (χ0) is 22.5. The van der Waals surface area contributed by atoms with Crippen LogP contribution in [0.3, 0.4) is 0 Å². The van der Waals surface area contributed by atoms with E-state index in [-0.39, 0.29) is 29.5 Å². The number of aliphatic hydroxyl groups is 1. The zero-order valence-electron chi connectivity index (χ0n) is 19.3. The summed E-state index contributed by atoms with van der Waals surface area (Å²) in [5.41, 5.74) is 0.798. The Morgan fingerprint density at radius 3 is 2.34 bits per heavy atom. The number of hydrogen-bond donors (Lipinski definition) is 2. The molecule has 0 radical (unpaired) electrons. The number of nitrogens with zero attached hydrogens (tertiary/aromatic N) is 1. The van der Waals surface area contributed by atoms with E-state index in [0.29, 0.717) is 23.4 Å². The van der Waals surface area contributed by atoms with Gasteiger partial charge in [0.05, 0.1) is 12.6 Å². The molecule has 0 spiro atoms. The van der Waals surface area contributed by atoms with Crippen molar-refractivity contribution >= 4 is 22.4 Å². The lowest BCUT2D eigenvalue weighted by molar-refractivity contribution is -0.124. The molecular formula is C27H36N2O3. The Morgan fingerprint density at radius 1 is 1.09 bits per heavy atom. The van der Waals surface area contributed by atoms with Crippen molar-refractivity contribution in [1.82, 2.24) is 4.57 Å². The Labute approximate surface area is 190 Å². The van der Waals surface area contributed by atoms with E-state index >= 15 is 0 Å². The fraction of sp³-hybridized carbons (Fsp3) is 0.630. The van der Waals surface area contributed by atoms with E-state index in [9.17, 15) is 14.7 Å². The predicted molar refractivity (Wildman–Crippen MR) is 128 cm³/mol. The molecule has 1 aromatic heterocycles. The van der Waals surface area contributed by atoms with Crippen LogP contribution >= 0.6 is 0 Å². The van der Waals surface area contributed by atoms with E-state index in [1.54, 1.807) is 10.8 Å². The highest BCUT2D eigenvalue weighted by atomic mass is 16.3. The van der Waals surface area contributed by atoms with Gasteiger partial charge in [-0.1, -0.05) is 19.9 Å². The Hall–Kier alpha value is -2.14. The number of aliphatic hydroxyl groups excluding tert-OH is 1. The Kier molecular flexibility index (Phi) is 5.65. The van der Waals surface area contributed by atoms with Gasteiger partial charge in [-0.2, -0.15) is 0 Å². The molecule has 1 aromatic carbocycles. The Bertz CT molecular complexity index is 1030. The van der Waals surface area contributed by atoms with E-state index < -0.39 is 0 Å². The lowest BCUT2D eigenvalue weighted by Gasteiger charge is -2.56. The first kappa shape index (κ1) is 21.7. The molecule has 1 amide bonds. The van der Waals surface area contributed by atoms with Gasteiger partial charge in [0, 0.05) is 29.1 Å². The smallest absolute Gasteiger partial charge is 0.258 e. The van der Waals surface area contributed by atoms with Crippen LogP contribution in [0.1, 0.15) is 71.3 Å². The quantitative estimate of drug-likeness (QED) is 0.632. The molecule has 32 heavy (non-hydrogen) atoms. The van der Waals surface area contributed by atoms with Crippen LogP contribution in [-0.2, 0) is 4.79 Å². The largest absolute Gasteiger partial charge is 0.394 e. The molecule has 6 rings (SSSR count). The minimum Gasteiger partial charge on any atom is -0.394 e. The molecule has 4 fully saturated rings. The van der Waals surface area contributed by atoms with Crippen LogP contribution in [0.25, 0.3) is 10.8 Å². The summed E-state index contributed by atoms with van der Waals surface area (Å²) in [5.74, 6) is 2.95. The van der Waals surface area contributed by atoms with Gasteiger partial charge in [0.15, 0.2) is 0 Å². The summed E-state index contributed by atoms with van der Waals surface area (Å²) in [6, 6.07) is 7.21. The van der Waals surface area contributed by atoms with E-state index in [1.165, 1.54) is 38.5 Å². The maximum absolute atomic E-state index is 13.2. The maximum Gasteiger partial charge on any atom is 0.258 e. The average Bonchev–Trinajstić information content (AvgIpc) is 2.71. The van der Waals surface area contributed by atoms with Crippen molar-refractivity contribution < 1.29 is 9.90 Å². The molecule has 1 unspecified atom stereocenters. The van der Waals surface area contributed by atoms with Crippen molar-refractivity contribution in [3.63, 3.8) is 0 Å². The molecule has 0 aliphatic heterocycles. The first-order valence-electron chi connectivity index (χ1n) is 12.4. The molecule has 1 atom stereocenters. The molecule has 2 aromatic rings. The van der Waals surface area contributed by atoms with Gasteiger partial charge in [0.1, 0.15) is 0 Å². The number of rotatable bonds is 7. The highest BCUT2D eigenvalue weighted by Gasteiger charge is 2.51. The number of benzene rings is 1. The molecule has 4 aliphatic rings. The monoisotopic (exact) mass is 436 g/mol. The number of fused-ring (bicyclic) bond motifs is 1. The number of anilines is 1. The second-order valence-electron chi connectivity index (χ2n) is 11.4. The van der Waals surface area contributed by atoms with Crippen LogP contribution in [-0.4, -0.2) is 22.2 Å². The van der Waals surface area contributed by atoms with Crippen molar-refractivity contribution in [3.8, 4) is 0 Å². The van der Waals surface area contributed by atoms with Crippen LogP contribution in [0.15, 0.2) is 35.3 Å². The summed E-state index contributed by atoms with van der Waals surface area (Å²) in [6.45, 7) is 4.11. The second-order valence-corrected chi connectivity index (χ2v) is 11.4. The summed E-state index contributed by atoms with van der Waals surface area (Å²) in [4.78, 5) is 26.3. The Morgan fingerprint density at radius 2 is 1.75 bits per heavy atom. The molecule has 5 heteroatoms. The van der Waals surface area contributed by atoms with Crippen LogP contribution in [0.5, 0.6) is 0 Å². The third-order valence-corrected chi connectivity index (χ3v) is 8.30. The molecule has 1 heterocycles. The maximum atomic E-state index is 13.2. The third-order valence-electron chi connectivity index (χ3n) is 8.30. The number of aromatic nitrogens is 1. The normalized spacial score (nSPS) is 29.6. The van der Waals surface area contributed by atoms with Gasteiger partial charge in [-0.15, -0.1) is 0 Å². The Balaban J connectivity index is 1.37. The summed E-state index contributed by atoms with van der Waals surface area (Å²) in [5, 5.41) is 14.3. The molecule has 172 valence electrons. The van der Waals surface area contributed by atoms with E-state index in [4.69, 9.17) is 0 Å². The van der Waals surface area contributed by atoms with Crippen LogP contribution in [0, 0.1) is 29.1 Å². The predicted octanol–water partition coefficient (Wildman–Crippen LogP) is 5.13. The summed E-state index contributed by atoms with van der Waals surface area (Å²) in [6.07, 6.45) is 10.9. The standard InChI is InChI=1S/C27H36N2O3/c1-17(2)8-21(16-30)29-7-6-22-23(26(29)32)4-3-5-24(22)28-25(31)15-27-12-18-9-19(13-27)11-20(10-18)14-27/h3-7,17-21,30H,8-16H2,1-2H3,(H,28,31). The molecule has 2 N–H and O–H groups in total. The van der Waals surface area contributed by atoms with E-state index in [2.05, 4.69) is 19.2 Å². The fourth-order valence-corrected chi connectivity index (χ4v) is 7.55. The second kappa shape index (κ2) is 8.33. The topological polar surface area (TPSA) is 71.3 Å². The number of pyridine rings is 1. The fourth-order valence-electron chi connectivity index (χ4n) is 7.55. The van der Waals surface area contributed by atoms with Crippen molar-refractivity contribution in [3.05, 3.63) is 40.8 Å². The summed E-state index contributed by atoms with van der Waals surface area (Å²) >= 11 is 0. The SMILES string of the molecule is CC(C)CC(CO)n1ccc2c(NC(=O)CC34CC5CC(CC(C5)C3)C4)cccc2c1=O. The minimum atomic E-state index is -0.235. The van der Waals surface area contributed by atoms with Crippen LogP contribution in [0.2, 0.25) is 0 Å². The number of hydrogen-bond acceptors (Lipinski definition) is 3. The minimum absolute atomic E-state index is 0.0644. The number of carbonyl (C=O) groups excluding carboxylic acids is 1. The van der Waals surface area contributed by atoms with Crippen LogP contribution < -0.4 is 10.9 Å². The highest BCUT2D eigenvalue weighted by Crippen LogP contribution is 2.61. The molecule has 4 bridgehead atoms. The van der Waals surface area contributed by atoms with Gasteiger partial charge in [0.2, 0.25) is 5.91 Å². The molecule has 4 saturated carbocycles. The van der Waals surface area contributed by atoms with Crippen molar-refractivity contribution in [2.24, 2.45) is 29.1 Å². The van der Waals surface area contributed by atoms with E-state index in [0.717, 1.165) is 29.6 Å². The highest BCUT2D eigenvalue weighted by molar-refractivity contribution is 6.02. The summed E-state index contributed by atoms with van der Waals surface area (Å²) in [7, 11) is 0. The van der Waals surface area contributed by atoms with Gasteiger partial charge in [0.25, 0.3) is 5.56 Å². The van der Waals surface area contributed by atoms with Gasteiger partial charge in [-0.3, -0.25) is 9.59 Å². The third kappa shape index (κ3) is 4.00. The molecule has 0 saturated heterocycles. The van der Waals surface area contributed by atoms with E-state index in [1.807, 2.05) is 24.3 Å². The van der Waals surface area contributed by atoms with Crippen molar-refractivity contribution in [1.29, 1.82) is 0 Å². The van der Waals surface area contributed by atoms with Gasteiger partial charge in [-0.05, 0) is 92.2 Å². The van der Waals surface area contributed by atoms with Gasteiger partial charge >= 0.3 is 0 Å².